The monoisotopic (exact) mass is 290 g/mol. The molecule has 1 aliphatic rings. The van der Waals surface area contributed by atoms with E-state index >= 15 is 0 Å². The highest BCUT2D eigenvalue weighted by molar-refractivity contribution is 7.09. The lowest BCUT2D eigenvalue weighted by Crippen LogP contribution is -2.39. The zero-order chi connectivity index (χ0) is 14.0. The van der Waals surface area contributed by atoms with E-state index in [2.05, 4.69) is 45.3 Å². The molecule has 0 aromatic carbocycles. The van der Waals surface area contributed by atoms with E-state index < -0.39 is 0 Å². The Labute approximate surface area is 124 Å². The SMILES string of the molecule is CC(Cn1cncc1C1(C)CCNCC1)c1nccs1. The molecule has 0 bridgehead atoms. The minimum absolute atomic E-state index is 0.254. The first-order chi connectivity index (χ1) is 9.69. The molecular weight excluding hydrogens is 268 g/mol. The van der Waals surface area contributed by atoms with Crippen molar-refractivity contribution in [2.45, 2.75) is 44.6 Å². The van der Waals surface area contributed by atoms with Gasteiger partial charge in [-0.15, -0.1) is 11.3 Å². The fourth-order valence-electron chi connectivity index (χ4n) is 3.05. The molecule has 1 unspecified atom stereocenters. The van der Waals surface area contributed by atoms with Crippen molar-refractivity contribution in [2.75, 3.05) is 13.1 Å². The smallest absolute Gasteiger partial charge is 0.0970 e. The molecule has 108 valence electrons. The normalized spacial score (nSPS) is 19.9. The predicted molar refractivity (Wildman–Crippen MR) is 82.2 cm³/mol. The number of nitrogens with one attached hydrogen (secondary N) is 1. The average Bonchev–Trinajstić information content (AvgIpc) is 3.10. The molecule has 0 aliphatic carbocycles. The second kappa shape index (κ2) is 5.66. The third-order valence-corrected chi connectivity index (χ3v) is 5.39. The van der Waals surface area contributed by atoms with Crippen LogP contribution in [0.1, 0.15) is 43.3 Å². The molecule has 2 aromatic rings. The highest BCUT2D eigenvalue weighted by atomic mass is 32.1. The molecular formula is C15H22N4S. The maximum Gasteiger partial charge on any atom is 0.0970 e. The Kier molecular flexibility index (Phi) is 3.89. The Hall–Kier alpha value is -1.20. The maximum absolute atomic E-state index is 4.43. The van der Waals surface area contributed by atoms with Gasteiger partial charge in [-0.3, -0.25) is 0 Å². The third-order valence-electron chi connectivity index (χ3n) is 4.38. The topological polar surface area (TPSA) is 42.7 Å². The van der Waals surface area contributed by atoms with E-state index in [1.165, 1.54) is 23.5 Å². The summed E-state index contributed by atoms with van der Waals surface area (Å²) >= 11 is 1.74. The largest absolute Gasteiger partial charge is 0.333 e. The fraction of sp³-hybridized carbons (Fsp3) is 0.600. The molecule has 1 saturated heterocycles. The zero-order valence-corrected chi connectivity index (χ0v) is 13.0. The van der Waals surface area contributed by atoms with E-state index in [1.807, 2.05) is 12.5 Å². The summed E-state index contributed by atoms with van der Waals surface area (Å²) in [5.74, 6) is 0.438. The van der Waals surface area contributed by atoms with Gasteiger partial charge in [0.25, 0.3) is 0 Å². The molecule has 3 heterocycles. The molecule has 3 rings (SSSR count). The standard InChI is InChI=1S/C15H22N4S/c1-12(14-18-7-8-20-14)10-19-11-17-9-13(19)15(2)3-5-16-6-4-15/h7-9,11-12,16H,3-6,10H2,1-2H3. The number of hydrogen-bond acceptors (Lipinski definition) is 4. The van der Waals surface area contributed by atoms with Crippen LogP contribution >= 0.6 is 11.3 Å². The zero-order valence-electron chi connectivity index (χ0n) is 12.2. The van der Waals surface area contributed by atoms with E-state index in [-0.39, 0.29) is 5.41 Å². The van der Waals surface area contributed by atoms with Crippen LogP contribution in [0.4, 0.5) is 0 Å². The van der Waals surface area contributed by atoms with Gasteiger partial charge >= 0.3 is 0 Å². The van der Waals surface area contributed by atoms with E-state index in [4.69, 9.17) is 0 Å². The molecule has 20 heavy (non-hydrogen) atoms. The lowest BCUT2D eigenvalue weighted by molar-refractivity contribution is 0.314. The summed E-state index contributed by atoms with van der Waals surface area (Å²) in [7, 11) is 0. The minimum atomic E-state index is 0.254. The first-order valence-electron chi connectivity index (χ1n) is 7.30. The second-order valence-corrected chi connectivity index (χ2v) is 6.94. The number of thiazole rings is 1. The van der Waals surface area contributed by atoms with Gasteiger partial charge in [-0.25, -0.2) is 9.97 Å². The lowest BCUT2D eigenvalue weighted by atomic mass is 9.78. The molecule has 1 aliphatic heterocycles. The molecule has 0 spiro atoms. The van der Waals surface area contributed by atoms with E-state index in [0.29, 0.717) is 5.92 Å². The van der Waals surface area contributed by atoms with Crippen LogP contribution in [0, 0.1) is 0 Å². The fourth-order valence-corrected chi connectivity index (χ4v) is 3.74. The van der Waals surface area contributed by atoms with Crippen LogP contribution in [0.15, 0.2) is 24.1 Å². The number of piperidine rings is 1. The van der Waals surface area contributed by atoms with Crippen molar-refractivity contribution in [3.05, 3.63) is 34.8 Å². The van der Waals surface area contributed by atoms with E-state index in [9.17, 15) is 0 Å². The lowest BCUT2D eigenvalue weighted by Gasteiger charge is -2.35. The summed E-state index contributed by atoms with van der Waals surface area (Å²) in [6.45, 7) is 7.78. The molecule has 0 amide bonds. The van der Waals surface area contributed by atoms with E-state index in [0.717, 1.165) is 19.6 Å². The van der Waals surface area contributed by atoms with Crippen molar-refractivity contribution in [2.24, 2.45) is 0 Å². The first-order valence-corrected chi connectivity index (χ1v) is 8.18. The van der Waals surface area contributed by atoms with Gasteiger partial charge in [-0.05, 0) is 25.9 Å². The molecule has 0 saturated carbocycles. The van der Waals surface area contributed by atoms with Crippen LogP contribution in [0.3, 0.4) is 0 Å². The molecule has 1 atom stereocenters. The van der Waals surface area contributed by atoms with Gasteiger partial charge in [0.15, 0.2) is 0 Å². The van der Waals surface area contributed by atoms with E-state index in [1.54, 1.807) is 11.3 Å². The Bertz CT molecular complexity index is 540. The molecule has 0 radical (unpaired) electrons. The number of imidazole rings is 1. The summed E-state index contributed by atoms with van der Waals surface area (Å²) in [6.07, 6.45) is 8.29. The number of hydrogen-bond donors (Lipinski definition) is 1. The van der Waals surface area contributed by atoms with Crippen molar-refractivity contribution in [3.8, 4) is 0 Å². The van der Waals surface area contributed by atoms with Crippen molar-refractivity contribution in [3.63, 3.8) is 0 Å². The van der Waals surface area contributed by atoms with Crippen LogP contribution in [-0.4, -0.2) is 27.6 Å². The van der Waals surface area contributed by atoms with Gasteiger partial charge in [-0.1, -0.05) is 13.8 Å². The van der Waals surface area contributed by atoms with Crippen molar-refractivity contribution in [1.29, 1.82) is 0 Å². The van der Waals surface area contributed by atoms with Gasteiger partial charge in [-0.2, -0.15) is 0 Å². The Morgan fingerprint density at radius 1 is 1.45 bits per heavy atom. The Morgan fingerprint density at radius 2 is 2.25 bits per heavy atom. The molecule has 5 heteroatoms. The average molecular weight is 290 g/mol. The number of aromatic nitrogens is 3. The minimum Gasteiger partial charge on any atom is -0.333 e. The predicted octanol–water partition coefficient (Wildman–Crippen LogP) is 2.78. The van der Waals surface area contributed by atoms with Crippen molar-refractivity contribution >= 4 is 11.3 Å². The highest BCUT2D eigenvalue weighted by Gasteiger charge is 2.31. The summed E-state index contributed by atoms with van der Waals surface area (Å²) in [6, 6.07) is 0. The van der Waals surface area contributed by atoms with Gasteiger partial charge in [0.05, 0.1) is 11.3 Å². The number of rotatable bonds is 4. The Morgan fingerprint density at radius 3 is 2.95 bits per heavy atom. The Balaban J connectivity index is 1.79. The first kappa shape index (κ1) is 13.8. The van der Waals surface area contributed by atoms with Gasteiger partial charge < -0.3 is 9.88 Å². The third kappa shape index (κ3) is 2.65. The van der Waals surface area contributed by atoms with Crippen LogP contribution < -0.4 is 5.32 Å². The van der Waals surface area contributed by atoms with Crippen LogP contribution in [0.2, 0.25) is 0 Å². The molecule has 4 nitrogen and oxygen atoms in total. The van der Waals surface area contributed by atoms with Crippen molar-refractivity contribution < 1.29 is 0 Å². The van der Waals surface area contributed by atoms with Gasteiger partial charge in [0, 0.05) is 41.3 Å². The summed E-state index contributed by atoms with van der Waals surface area (Å²) in [5, 5.41) is 6.71. The van der Waals surface area contributed by atoms with Crippen molar-refractivity contribution in [1.82, 2.24) is 19.9 Å². The summed E-state index contributed by atoms with van der Waals surface area (Å²) in [4.78, 5) is 8.83. The van der Waals surface area contributed by atoms with Gasteiger partial charge in [0.1, 0.15) is 0 Å². The van der Waals surface area contributed by atoms with Crippen LogP contribution in [0.25, 0.3) is 0 Å². The summed E-state index contributed by atoms with van der Waals surface area (Å²) in [5.41, 5.74) is 1.63. The summed E-state index contributed by atoms with van der Waals surface area (Å²) < 4.78 is 2.33. The highest BCUT2D eigenvalue weighted by Crippen LogP contribution is 2.33. The quantitative estimate of drug-likeness (QED) is 0.941. The molecule has 1 fully saturated rings. The van der Waals surface area contributed by atoms with Crippen LogP contribution in [0.5, 0.6) is 0 Å². The molecule has 1 N–H and O–H groups in total. The van der Waals surface area contributed by atoms with Crippen LogP contribution in [-0.2, 0) is 12.0 Å². The second-order valence-electron chi connectivity index (χ2n) is 6.01. The molecule has 2 aromatic heterocycles. The maximum atomic E-state index is 4.43. The number of nitrogens with zero attached hydrogens (tertiary/aromatic N) is 3. The van der Waals surface area contributed by atoms with Gasteiger partial charge in [0.2, 0.25) is 0 Å².